The molecule has 1 aromatic heterocycles. The molecule has 0 spiro atoms. The first-order valence-electron chi connectivity index (χ1n) is 9.64. The van der Waals surface area contributed by atoms with Crippen molar-refractivity contribution in [1.82, 2.24) is 14.9 Å². The van der Waals surface area contributed by atoms with E-state index in [0.717, 1.165) is 18.4 Å². The number of amides is 1. The Morgan fingerprint density at radius 2 is 1.93 bits per heavy atom. The monoisotopic (exact) mass is 413 g/mol. The standard InChI is InChI=1S/C22H24FN3O2S/c1-3-6-15(2)24-20(27)14-29-22-25-19-8-5-4-7-18(19)21(28)26(22)13-16-9-11-17(23)12-10-16/h4-5,7-12,15H,3,6,13-14H2,1-2H3,(H,24,27)/t15-/m1/s1. The quantitative estimate of drug-likeness (QED) is 0.448. The van der Waals surface area contributed by atoms with Crippen LogP contribution in [0.1, 0.15) is 32.3 Å². The summed E-state index contributed by atoms with van der Waals surface area (Å²) in [6.07, 6.45) is 1.91. The molecule has 29 heavy (non-hydrogen) atoms. The number of benzene rings is 2. The maximum atomic E-state index is 13.2. The fraction of sp³-hybridized carbons (Fsp3) is 0.318. The van der Waals surface area contributed by atoms with Gasteiger partial charge in [0.15, 0.2) is 5.16 Å². The van der Waals surface area contributed by atoms with Crippen LogP contribution in [0.5, 0.6) is 0 Å². The predicted octanol–water partition coefficient (Wildman–Crippen LogP) is 3.98. The number of rotatable bonds is 8. The number of nitrogens with zero attached hydrogens (tertiary/aromatic N) is 2. The molecule has 0 radical (unpaired) electrons. The molecule has 1 atom stereocenters. The number of nitrogens with one attached hydrogen (secondary N) is 1. The summed E-state index contributed by atoms with van der Waals surface area (Å²) in [6.45, 7) is 4.31. The molecule has 1 amide bonds. The van der Waals surface area contributed by atoms with Crippen molar-refractivity contribution in [3.63, 3.8) is 0 Å². The normalized spacial score (nSPS) is 12.1. The van der Waals surface area contributed by atoms with Crippen LogP contribution in [0.2, 0.25) is 0 Å². The second kappa shape index (κ2) is 9.69. The van der Waals surface area contributed by atoms with Gasteiger partial charge in [0, 0.05) is 6.04 Å². The van der Waals surface area contributed by atoms with Crippen molar-refractivity contribution in [2.75, 3.05) is 5.75 Å². The Morgan fingerprint density at radius 3 is 2.66 bits per heavy atom. The fourth-order valence-electron chi connectivity index (χ4n) is 3.12. The number of para-hydroxylation sites is 1. The summed E-state index contributed by atoms with van der Waals surface area (Å²) in [5.74, 6) is -0.251. The molecule has 0 unspecified atom stereocenters. The lowest BCUT2D eigenvalue weighted by Crippen LogP contribution is -2.34. The molecule has 0 aliphatic heterocycles. The first-order chi connectivity index (χ1) is 14.0. The number of hydrogen-bond acceptors (Lipinski definition) is 4. The Kier molecular flexibility index (Phi) is 7.04. The number of thioether (sulfide) groups is 1. The summed E-state index contributed by atoms with van der Waals surface area (Å²) in [7, 11) is 0. The third-order valence-electron chi connectivity index (χ3n) is 4.54. The largest absolute Gasteiger partial charge is 0.353 e. The highest BCUT2D eigenvalue weighted by molar-refractivity contribution is 7.99. The highest BCUT2D eigenvalue weighted by Crippen LogP contribution is 2.19. The number of halogens is 1. The first-order valence-corrected chi connectivity index (χ1v) is 10.6. The number of fused-ring (bicyclic) bond motifs is 1. The summed E-state index contributed by atoms with van der Waals surface area (Å²) in [5.41, 5.74) is 1.20. The Balaban J connectivity index is 1.89. The number of carbonyl (C=O) groups is 1. The fourth-order valence-corrected chi connectivity index (χ4v) is 3.93. The van der Waals surface area contributed by atoms with Gasteiger partial charge in [-0.3, -0.25) is 14.2 Å². The van der Waals surface area contributed by atoms with Gasteiger partial charge in [-0.15, -0.1) is 0 Å². The van der Waals surface area contributed by atoms with Gasteiger partial charge in [0.1, 0.15) is 5.82 Å². The van der Waals surface area contributed by atoms with Crippen molar-refractivity contribution in [2.45, 2.75) is 44.4 Å². The second-order valence-electron chi connectivity index (χ2n) is 6.98. The zero-order chi connectivity index (χ0) is 20.8. The van der Waals surface area contributed by atoms with Crippen molar-refractivity contribution < 1.29 is 9.18 Å². The van der Waals surface area contributed by atoms with Crippen LogP contribution in [0.4, 0.5) is 4.39 Å². The molecule has 0 saturated heterocycles. The van der Waals surface area contributed by atoms with Crippen LogP contribution in [0.25, 0.3) is 10.9 Å². The van der Waals surface area contributed by atoms with Crippen molar-refractivity contribution >= 4 is 28.6 Å². The Hall–Kier alpha value is -2.67. The van der Waals surface area contributed by atoms with E-state index < -0.39 is 0 Å². The summed E-state index contributed by atoms with van der Waals surface area (Å²) >= 11 is 1.23. The van der Waals surface area contributed by atoms with Crippen LogP contribution in [-0.2, 0) is 11.3 Å². The Bertz CT molecular complexity index is 1050. The van der Waals surface area contributed by atoms with Gasteiger partial charge in [0.2, 0.25) is 5.91 Å². The number of hydrogen-bond donors (Lipinski definition) is 1. The molecule has 0 saturated carbocycles. The highest BCUT2D eigenvalue weighted by atomic mass is 32.2. The van der Waals surface area contributed by atoms with Gasteiger partial charge in [-0.25, -0.2) is 9.37 Å². The molecule has 0 aliphatic carbocycles. The second-order valence-corrected chi connectivity index (χ2v) is 7.92. The van der Waals surface area contributed by atoms with Gasteiger partial charge in [-0.2, -0.15) is 0 Å². The molecule has 0 fully saturated rings. The van der Waals surface area contributed by atoms with Crippen LogP contribution in [-0.4, -0.2) is 27.3 Å². The van der Waals surface area contributed by atoms with Crippen LogP contribution in [0.3, 0.4) is 0 Å². The van der Waals surface area contributed by atoms with Crippen molar-refractivity contribution in [1.29, 1.82) is 0 Å². The average molecular weight is 414 g/mol. The van der Waals surface area contributed by atoms with Crippen LogP contribution >= 0.6 is 11.8 Å². The maximum Gasteiger partial charge on any atom is 0.262 e. The minimum absolute atomic E-state index is 0.0910. The van der Waals surface area contributed by atoms with Gasteiger partial charge in [0.05, 0.1) is 23.2 Å². The third kappa shape index (κ3) is 5.44. The van der Waals surface area contributed by atoms with Crippen molar-refractivity contribution in [2.24, 2.45) is 0 Å². The maximum absolute atomic E-state index is 13.2. The molecule has 0 bridgehead atoms. The lowest BCUT2D eigenvalue weighted by atomic mass is 10.2. The molecule has 3 rings (SSSR count). The van der Waals surface area contributed by atoms with Gasteiger partial charge in [-0.1, -0.05) is 49.4 Å². The number of carbonyl (C=O) groups excluding carboxylic acids is 1. The Morgan fingerprint density at radius 1 is 1.21 bits per heavy atom. The smallest absolute Gasteiger partial charge is 0.262 e. The van der Waals surface area contributed by atoms with Gasteiger partial charge >= 0.3 is 0 Å². The van der Waals surface area contributed by atoms with E-state index >= 15 is 0 Å². The molecular formula is C22H24FN3O2S. The minimum atomic E-state index is -0.329. The lowest BCUT2D eigenvalue weighted by molar-refractivity contribution is -0.119. The molecule has 0 aliphatic rings. The van der Waals surface area contributed by atoms with E-state index in [1.54, 1.807) is 34.9 Å². The van der Waals surface area contributed by atoms with E-state index in [-0.39, 0.29) is 35.6 Å². The zero-order valence-electron chi connectivity index (χ0n) is 16.5. The van der Waals surface area contributed by atoms with E-state index in [0.29, 0.717) is 16.1 Å². The topological polar surface area (TPSA) is 64.0 Å². The van der Waals surface area contributed by atoms with Gasteiger partial charge in [0.25, 0.3) is 5.56 Å². The summed E-state index contributed by atoms with van der Waals surface area (Å²) in [4.78, 5) is 29.9. The average Bonchev–Trinajstić information content (AvgIpc) is 2.70. The van der Waals surface area contributed by atoms with E-state index in [1.807, 2.05) is 13.0 Å². The molecule has 1 N–H and O–H groups in total. The molecule has 5 nitrogen and oxygen atoms in total. The number of aromatic nitrogens is 2. The van der Waals surface area contributed by atoms with Crippen LogP contribution < -0.4 is 10.9 Å². The highest BCUT2D eigenvalue weighted by Gasteiger charge is 2.14. The molecule has 3 aromatic rings. The minimum Gasteiger partial charge on any atom is -0.353 e. The molecule has 1 heterocycles. The van der Waals surface area contributed by atoms with E-state index in [2.05, 4.69) is 17.2 Å². The van der Waals surface area contributed by atoms with Crippen LogP contribution in [0.15, 0.2) is 58.5 Å². The van der Waals surface area contributed by atoms with E-state index in [1.165, 1.54) is 23.9 Å². The SMILES string of the molecule is CCC[C@@H](C)NC(=O)CSc1nc2ccccc2c(=O)n1Cc1ccc(F)cc1. The molecule has 7 heteroatoms. The molecule has 2 aromatic carbocycles. The van der Waals surface area contributed by atoms with Crippen LogP contribution in [0, 0.1) is 5.82 Å². The summed E-state index contributed by atoms with van der Waals surface area (Å²) in [6, 6.07) is 13.3. The zero-order valence-corrected chi connectivity index (χ0v) is 17.3. The third-order valence-corrected chi connectivity index (χ3v) is 5.52. The lowest BCUT2D eigenvalue weighted by Gasteiger charge is -2.15. The first kappa shape index (κ1) is 21.0. The van der Waals surface area contributed by atoms with E-state index in [4.69, 9.17) is 0 Å². The Labute approximate surface area is 173 Å². The molecule has 152 valence electrons. The van der Waals surface area contributed by atoms with E-state index in [9.17, 15) is 14.0 Å². The van der Waals surface area contributed by atoms with Gasteiger partial charge < -0.3 is 5.32 Å². The summed E-state index contributed by atoms with van der Waals surface area (Å²) in [5, 5.41) is 3.94. The predicted molar refractivity (Wildman–Crippen MR) is 115 cm³/mol. The van der Waals surface area contributed by atoms with Gasteiger partial charge in [-0.05, 0) is 43.2 Å². The molecular weight excluding hydrogens is 389 g/mol. The van der Waals surface area contributed by atoms with Crippen molar-refractivity contribution in [3.8, 4) is 0 Å². The van der Waals surface area contributed by atoms with Crippen molar-refractivity contribution in [3.05, 3.63) is 70.3 Å². The summed E-state index contributed by atoms with van der Waals surface area (Å²) < 4.78 is 14.8.